The minimum Gasteiger partial charge on any atom is -0.496 e. The van der Waals surface area contributed by atoms with Gasteiger partial charge in [-0.25, -0.2) is 4.98 Å². The van der Waals surface area contributed by atoms with Crippen LogP contribution in [-0.4, -0.2) is 18.0 Å². The molecule has 0 saturated heterocycles. The predicted octanol–water partition coefficient (Wildman–Crippen LogP) is 6.35. The molecule has 1 N–H and O–H groups in total. The number of carbonyl (C=O) groups excluding carboxylic acids is 1. The maximum Gasteiger partial charge on any atom is 0.257 e. The van der Waals surface area contributed by atoms with Crippen LogP contribution in [0.15, 0.2) is 72.8 Å². The highest BCUT2D eigenvalue weighted by Gasteiger charge is 2.14. The van der Waals surface area contributed by atoms with Crippen molar-refractivity contribution in [3.8, 4) is 28.1 Å². The van der Waals surface area contributed by atoms with Gasteiger partial charge in [-0.1, -0.05) is 42.5 Å². The van der Waals surface area contributed by atoms with Crippen LogP contribution in [0.2, 0.25) is 0 Å². The van der Waals surface area contributed by atoms with E-state index in [9.17, 15) is 4.79 Å². The molecule has 0 saturated carbocycles. The van der Waals surface area contributed by atoms with Gasteiger partial charge < -0.3 is 4.74 Å². The predicted molar refractivity (Wildman–Crippen MR) is 123 cm³/mol. The lowest BCUT2D eigenvalue weighted by molar-refractivity contribution is 0.102. The van der Waals surface area contributed by atoms with Crippen LogP contribution in [0.25, 0.3) is 22.4 Å². The van der Waals surface area contributed by atoms with Crippen molar-refractivity contribution in [1.29, 1.82) is 0 Å². The molecular formula is C25H22N2O2S. The number of rotatable bonds is 5. The highest BCUT2D eigenvalue weighted by atomic mass is 32.1. The second-order valence-electron chi connectivity index (χ2n) is 7.01. The zero-order chi connectivity index (χ0) is 21.1. The third kappa shape index (κ3) is 4.11. The molecule has 4 nitrogen and oxygen atoms in total. The van der Waals surface area contributed by atoms with Crippen LogP contribution in [-0.2, 0) is 0 Å². The quantitative estimate of drug-likeness (QED) is 0.414. The van der Waals surface area contributed by atoms with Crippen molar-refractivity contribution in [2.75, 3.05) is 12.4 Å². The van der Waals surface area contributed by atoms with Crippen molar-refractivity contribution in [2.24, 2.45) is 0 Å². The molecule has 0 spiro atoms. The van der Waals surface area contributed by atoms with E-state index in [4.69, 9.17) is 4.74 Å². The maximum atomic E-state index is 12.7. The average molecular weight is 415 g/mol. The van der Waals surface area contributed by atoms with Gasteiger partial charge in [0.1, 0.15) is 5.75 Å². The second-order valence-corrected chi connectivity index (χ2v) is 8.21. The fourth-order valence-electron chi connectivity index (χ4n) is 3.36. The van der Waals surface area contributed by atoms with Crippen molar-refractivity contribution in [3.63, 3.8) is 0 Å². The number of hydrogen-bond donors (Lipinski definition) is 1. The molecule has 30 heavy (non-hydrogen) atoms. The summed E-state index contributed by atoms with van der Waals surface area (Å²) in [5.41, 5.74) is 5.74. The van der Waals surface area contributed by atoms with Crippen molar-refractivity contribution < 1.29 is 9.53 Å². The van der Waals surface area contributed by atoms with Crippen molar-refractivity contribution >= 4 is 22.4 Å². The summed E-state index contributed by atoms with van der Waals surface area (Å²) < 4.78 is 5.33. The van der Waals surface area contributed by atoms with Crippen molar-refractivity contribution in [1.82, 2.24) is 4.98 Å². The largest absolute Gasteiger partial charge is 0.496 e. The number of hydrogen-bond acceptors (Lipinski definition) is 4. The number of benzene rings is 3. The Morgan fingerprint density at radius 3 is 2.23 bits per heavy atom. The van der Waals surface area contributed by atoms with Gasteiger partial charge in [-0.3, -0.25) is 10.1 Å². The number of aromatic nitrogens is 1. The molecular weight excluding hydrogens is 392 g/mol. The minimum atomic E-state index is -0.166. The van der Waals surface area contributed by atoms with E-state index in [0.717, 1.165) is 38.6 Å². The summed E-state index contributed by atoms with van der Waals surface area (Å²) >= 11 is 1.47. The summed E-state index contributed by atoms with van der Waals surface area (Å²) in [6, 6.07) is 23.7. The molecule has 0 radical (unpaired) electrons. The average Bonchev–Trinajstić information content (AvgIpc) is 3.14. The third-order valence-corrected chi connectivity index (χ3v) is 5.83. The zero-order valence-corrected chi connectivity index (χ0v) is 17.9. The van der Waals surface area contributed by atoms with Gasteiger partial charge in [-0.05, 0) is 60.9 Å². The van der Waals surface area contributed by atoms with Crippen LogP contribution in [0.3, 0.4) is 0 Å². The van der Waals surface area contributed by atoms with Crippen molar-refractivity contribution in [3.05, 3.63) is 88.8 Å². The molecule has 0 bridgehead atoms. The van der Waals surface area contributed by atoms with Crippen LogP contribution in [0.5, 0.6) is 5.75 Å². The van der Waals surface area contributed by atoms with Gasteiger partial charge in [0, 0.05) is 16.0 Å². The molecule has 0 aliphatic carbocycles. The number of nitrogens with one attached hydrogen (secondary N) is 1. The normalized spacial score (nSPS) is 10.6. The Morgan fingerprint density at radius 1 is 0.900 bits per heavy atom. The Bertz CT molecular complexity index is 1180. The Kier molecular flexibility index (Phi) is 5.63. The van der Waals surface area contributed by atoms with E-state index in [1.807, 2.05) is 68.4 Å². The molecule has 150 valence electrons. The number of aryl methyl sites for hydroxylation is 2. The molecule has 0 atom stereocenters. The highest BCUT2D eigenvalue weighted by molar-refractivity contribution is 7.16. The standard InChI is InChI=1S/C25H22N2O2S/c1-16-15-21(13-14-22(16)29-3)23-17(2)30-25(26-23)27-24(28)20-11-9-19(10-12-20)18-7-5-4-6-8-18/h4-15H,1-3H3,(H,26,27,28). The molecule has 3 aromatic carbocycles. The maximum absolute atomic E-state index is 12.7. The fraction of sp³-hybridized carbons (Fsp3) is 0.120. The van der Waals surface area contributed by atoms with Gasteiger partial charge in [0.15, 0.2) is 5.13 Å². The molecule has 1 amide bonds. The zero-order valence-electron chi connectivity index (χ0n) is 17.1. The summed E-state index contributed by atoms with van der Waals surface area (Å²) in [7, 11) is 1.66. The lowest BCUT2D eigenvalue weighted by atomic mass is 10.0. The molecule has 4 aromatic rings. The van der Waals surface area contributed by atoms with Gasteiger partial charge in [0.05, 0.1) is 12.8 Å². The Hall–Kier alpha value is -3.44. The monoisotopic (exact) mass is 414 g/mol. The first kappa shape index (κ1) is 19.9. The molecule has 0 aliphatic heterocycles. The Morgan fingerprint density at radius 2 is 1.57 bits per heavy atom. The van der Waals surface area contributed by atoms with Gasteiger partial charge in [0.25, 0.3) is 5.91 Å². The summed E-state index contributed by atoms with van der Waals surface area (Å²) in [4.78, 5) is 18.4. The second kappa shape index (κ2) is 8.51. The van der Waals surface area contributed by atoms with E-state index in [-0.39, 0.29) is 5.91 Å². The van der Waals surface area contributed by atoms with Crippen molar-refractivity contribution in [2.45, 2.75) is 13.8 Å². The van der Waals surface area contributed by atoms with E-state index < -0.39 is 0 Å². The molecule has 4 rings (SSSR count). The Labute approximate surface area is 180 Å². The lowest BCUT2D eigenvalue weighted by Crippen LogP contribution is -2.11. The first-order valence-corrected chi connectivity index (χ1v) is 10.5. The summed E-state index contributed by atoms with van der Waals surface area (Å²) in [5.74, 6) is 0.680. The minimum absolute atomic E-state index is 0.166. The summed E-state index contributed by atoms with van der Waals surface area (Å²) in [5, 5.41) is 3.52. The summed E-state index contributed by atoms with van der Waals surface area (Å²) in [6.07, 6.45) is 0. The number of thiazole rings is 1. The van der Waals surface area contributed by atoms with Crippen LogP contribution in [0.4, 0.5) is 5.13 Å². The number of nitrogens with zero attached hydrogens (tertiary/aromatic N) is 1. The smallest absolute Gasteiger partial charge is 0.257 e. The van der Waals surface area contributed by atoms with Crippen LogP contribution in [0, 0.1) is 13.8 Å². The molecule has 0 aliphatic rings. The molecule has 0 unspecified atom stereocenters. The van der Waals surface area contributed by atoms with Crippen LogP contribution < -0.4 is 10.1 Å². The number of carbonyl (C=O) groups is 1. The summed E-state index contributed by atoms with van der Waals surface area (Å²) in [6.45, 7) is 4.02. The molecule has 0 fully saturated rings. The number of amides is 1. The van der Waals surface area contributed by atoms with Crippen LogP contribution >= 0.6 is 11.3 Å². The molecule has 5 heteroatoms. The fourth-order valence-corrected chi connectivity index (χ4v) is 4.19. The Balaban J connectivity index is 1.51. The third-order valence-electron chi connectivity index (χ3n) is 4.94. The van der Waals surface area contributed by atoms with E-state index in [2.05, 4.69) is 28.5 Å². The van der Waals surface area contributed by atoms with E-state index in [0.29, 0.717) is 10.7 Å². The van der Waals surface area contributed by atoms with Crippen LogP contribution in [0.1, 0.15) is 20.8 Å². The number of ether oxygens (including phenoxy) is 1. The number of methoxy groups -OCH3 is 1. The van der Waals surface area contributed by atoms with E-state index in [1.165, 1.54) is 11.3 Å². The topological polar surface area (TPSA) is 51.2 Å². The van der Waals surface area contributed by atoms with Gasteiger partial charge >= 0.3 is 0 Å². The van der Waals surface area contributed by atoms with Gasteiger partial charge in [0.2, 0.25) is 0 Å². The number of anilines is 1. The first-order valence-electron chi connectivity index (χ1n) is 9.64. The molecule has 1 aromatic heterocycles. The molecule has 1 heterocycles. The van der Waals surface area contributed by atoms with E-state index >= 15 is 0 Å². The van der Waals surface area contributed by atoms with Gasteiger partial charge in [-0.2, -0.15) is 0 Å². The van der Waals surface area contributed by atoms with Gasteiger partial charge in [-0.15, -0.1) is 11.3 Å². The SMILES string of the molecule is COc1ccc(-c2nc(NC(=O)c3ccc(-c4ccccc4)cc3)sc2C)cc1C. The van der Waals surface area contributed by atoms with E-state index in [1.54, 1.807) is 7.11 Å². The lowest BCUT2D eigenvalue weighted by Gasteiger charge is -2.06. The highest BCUT2D eigenvalue weighted by Crippen LogP contribution is 2.33. The first-order chi connectivity index (χ1) is 14.5.